The second kappa shape index (κ2) is 14.7. The van der Waals surface area contributed by atoms with Gasteiger partial charge in [0, 0.05) is 18.0 Å². The second-order valence-corrected chi connectivity index (χ2v) is 9.95. The van der Waals surface area contributed by atoms with E-state index in [2.05, 4.69) is 28.9 Å². The van der Waals surface area contributed by atoms with Crippen LogP contribution < -0.4 is 10.6 Å². The molecule has 2 aliphatic carbocycles. The van der Waals surface area contributed by atoms with Crippen LogP contribution in [0.4, 0.5) is 0 Å². The zero-order chi connectivity index (χ0) is 26.6. The Morgan fingerprint density at radius 2 is 1.84 bits per heavy atom. The third-order valence-corrected chi connectivity index (χ3v) is 7.11. The van der Waals surface area contributed by atoms with E-state index >= 15 is 0 Å². The van der Waals surface area contributed by atoms with Gasteiger partial charge in [0.25, 0.3) is 5.91 Å². The minimum absolute atomic E-state index is 0.00663. The molecule has 3 atom stereocenters. The molecule has 0 radical (unpaired) electrons. The van der Waals surface area contributed by atoms with Gasteiger partial charge in [-0.15, -0.1) is 13.2 Å². The van der Waals surface area contributed by atoms with Gasteiger partial charge in [-0.1, -0.05) is 44.3 Å². The van der Waals surface area contributed by atoms with Crippen LogP contribution in [0, 0.1) is 5.92 Å². The first kappa shape index (κ1) is 28.6. The molecule has 0 spiro atoms. The maximum Gasteiger partial charge on any atom is 0.358 e. The molecule has 3 rings (SSSR count). The van der Waals surface area contributed by atoms with Crippen molar-refractivity contribution in [3.63, 3.8) is 0 Å². The van der Waals surface area contributed by atoms with Crippen molar-refractivity contribution in [3.05, 3.63) is 42.8 Å². The van der Waals surface area contributed by atoms with Crippen molar-refractivity contribution < 1.29 is 23.9 Å². The highest BCUT2D eigenvalue weighted by molar-refractivity contribution is 5.96. The number of rotatable bonds is 13. The molecule has 2 amide bonds. The van der Waals surface area contributed by atoms with Crippen LogP contribution in [0.2, 0.25) is 0 Å². The van der Waals surface area contributed by atoms with Gasteiger partial charge < -0.3 is 20.1 Å². The number of esters is 1. The number of carbonyl (C=O) groups excluding carboxylic acids is 3. The predicted molar refractivity (Wildman–Crippen MR) is 141 cm³/mol. The van der Waals surface area contributed by atoms with Crippen LogP contribution in [0.1, 0.15) is 92.1 Å². The third-order valence-electron chi connectivity index (χ3n) is 7.11. The lowest BCUT2D eigenvalue weighted by atomic mass is 9.92. The van der Waals surface area contributed by atoms with Gasteiger partial charge >= 0.3 is 5.97 Å². The van der Waals surface area contributed by atoms with E-state index in [4.69, 9.17) is 9.47 Å². The summed E-state index contributed by atoms with van der Waals surface area (Å²) in [6, 6.07) is 1.36. The minimum atomic E-state index is -0.625. The summed E-state index contributed by atoms with van der Waals surface area (Å²) < 4.78 is 12.6. The lowest BCUT2D eigenvalue weighted by Gasteiger charge is -2.33. The Labute approximate surface area is 220 Å². The van der Waals surface area contributed by atoms with Crippen LogP contribution in [0.25, 0.3) is 0 Å². The summed E-state index contributed by atoms with van der Waals surface area (Å²) in [5, 5.41) is 10.4. The SMILES string of the molecule is C=CCC(C=C)CO[C@H]1CCCC[C@@H]1NC(=O)c1cc(C(=O)OCC)nn1CC(=O)NC1CCCCC1. The van der Waals surface area contributed by atoms with E-state index in [1.165, 1.54) is 17.2 Å². The zero-order valence-corrected chi connectivity index (χ0v) is 22.1. The van der Waals surface area contributed by atoms with Crippen molar-refractivity contribution in [1.29, 1.82) is 0 Å². The summed E-state index contributed by atoms with van der Waals surface area (Å²) in [7, 11) is 0. The van der Waals surface area contributed by atoms with Gasteiger partial charge in [0.1, 0.15) is 12.2 Å². The highest BCUT2D eigenvalue weighted by Gasteiger charge is 2.30. The molecule has 9 nitrogen and oxygen atoms in total. The first-order chi connectivity index (χ1) is 17.9. The van der Waals surface area contributed by atoms with Gasteiger partial charge in [-0.2, -0.15) is 5.10 Å². The Bertz CT molecular complexity index is 937. The fraction of sp³-hybridized carbons (Fsp3) is 0.643. The van der Waals surface area contributed by atoms with E-state index in [0.717, 1.165) is 57.8 Å². The molecule has 1 unspecified atom stereocenters. The van der Waals surface area contributed by atoms with Crippen molar-refractivity contribution >= 4 is 17.8 Å². The monoisotopic (exact) mass is 514 g/mol. The van der Waals surface area contributed by atoms with Gasteiger partial charge in [0.05, 0.1) is 25.4 Å². The number of allylic oxidation sites excluding steroid dienone is 1. The van der Waals surface area contributed by atoms with Crippen LogP contribution in [-0.2, 0) is 20.8 Å². The van der Waals surface area contributed by atoms with Gasteiger partial charge in [-0.05, 0) is 39.0 Å². The van der Waals surface area contributed by atoms with E-state index < -0.39 is 5.97 Å². The number of carbonyl (C=O) groups is 3. The quantitative estimate of drug-likeness (QED) is 0.305. The number of hydrogen-bond acceptors (Lipinski definition) is 6. The summed E-state index contributed by atoms with van der Waals surface area (Å²) in [6.45, 7) is 9.92. The molecule has 1 aromatic rings. The van der Waals surface area contributed by atoms with Crippen LogP contribution in [0.3, 0.4) is 0 Å². The van der Waals surface area contributed by atoms with Gasteiger partial charge in [0.2, 0.25) is 5.91 Å². The Morgan fingerprint density at radius 3 is 2.54 bits per heavy atom. The van der Waals surface area contributed by atoms with E-state index in [1.807, 2.05) is 12.2 Å². The van der Waals surface area contributed by atoms with Crippen LogP contribution >= 0.6 is 0 Å². The van der Waals surface area contributed by atoms with Crippen LogP contribution in [0.5, 0.6) is 0 Å². The van der Waals surface area contributed by atoms with Crippen molar-refractivity contribution in [2.45, 2.75) is 95.9 Å². The van der Waals surface area contributed by atoms with Gasteiger partial charge in [0.15, 0.2) is 5.69 Å². The zero-order valence-electron chi connectivity index (χ0n) is 22.1. The standard InChI is InChI=1S/C28H42N4O5/c1-4-12-20(5-2)19-37-25-16-11-10-15-22(25)30-27(34)24-17-23(28(35)36-6-3)31-32(24)18-26(33)29-21-13-8-7-9-14-21/h4-5,17,20-22,25H,1-2,6-16,18-19H2,3H3,(H,29,33)(H,30,34)/t20?,22-,25-/m0/s1. The predicted octanol–water partition coefficient (Wildman–Crippen LogP) is 3.94. The molecular formula is C28H42N4O5. The average Bonchev–Trinajstić information content (AvgIpc) is 3.32. The molecule has 37 heavy (non-hydrogen) atoms. The van der Waals surface area contributed by atoms with Crippen molar-refractivity contribution in [2.24, 2.45) is 5.92 Å². The lowest BCUT2D eigenvalue weighted by Crippen LogP contribution is -2.47. The van der Waals surface area contributed by atoms with E-state index in [1.54, 1.807) is 6.92 Å². The molecule has 2 fully saturated rings. The molecule has 9 heteroatoms. The molecule has 2 N–H and O–H groups in total. The third kappa shape index (κ3) is 8.55. The number of amides is 2. The average molecular weight is 515 g/mol. The molecular weight excluding hydrogens is 472 g/mol. The highest BCUT2D eigenvalue weighted by Crippen LogP contribution is 2.23. The Balaban J connectivity index is 1.71. The van der Waals surface area contributed by atoms with Crippen molar-refractivity contribution in [1.82, 2.24) is 20.4 Å². The largest absolute Gasteiger partial charge is 0.461 e. The van der Waals surface area contributed by atoms with E-state index in [-0.39, 0.29) is 60.5 Å². The van der Waals surface area contributed by atoms with Crippen LogP contribution in [0.15, 0.2) is 31.4 Å². The molecule has 204 valence electrons. The number of hydrogen-bond donors (Lipinski definition) is 2. The molecule has 2 aliphatic rings. The Morgan fingerprint density at radius 1 is 1.11 bits per heavy atom. The fourth-order valence-corrected chi connectivity index (χ4v) is 5.08. The van der Waals surface area contributed by atoms with E-state index in [9.17, 15) is 14.4 Å². The lowest BCUT2D eigenvalue weighted by molar-refractivity contribution is -0.122. The van der Waals surface area contributed by atoms with Gasteiger partial charge in [-0.25, -0.2) is 9.48 Å². The molecule has 1 aromatic heterocycles. The number of nitrogens with zero attached hydrogens (tertiary/aromatic N) is 2. The summed E-state index contributed by atoms with van der Waals surface area (Å²) in [4.78, 5) is 38.5. The second-order valence-electron chi connectivity index (χ2n) is 9.95. The summed E-state index contributed by atoms with van der Waals surface area (Å²) in [5.41, 5.74) is 0.161. The molecule has 0 saturated heterocycles. The molecule has 0 aliphatic heterocycles. The Kier molecular flexibility index (Phi) is 11.4. The first-order valence-electron chi connectivity index (χ1n) is 13.6. The molecule has 0 bridgehead atoms. The van der Waals surface area contributed by atoms with Crippen molar-refractivity contribution in [3.8, 4) is 0 Å². The fourth-order valence-electron chi connectivity index (χ4n) is 5.08. The molecule has 0 aromatic carbocycles. The summed E-state index contributed by atoms with van der Waals surface area (Å²) in [5.74, 6) is -1.07. The summed E-state index contributed by atoms with van der Waals surface area (Å²) >= 11 is 0. The molecule has 2 saturated carbocycles. The Hall–Kier alpha value is -2.94. The van der Waals surface area contributed by atoms with Gasteiger partial charge in [-0.3, -0.25) is 9.59 Å². The summed E-state index contributed by atoms with van der Waals surface area (Å²) in [6.07, 6.45) is 13.3. The molecule has 1 heterocycles. The highest BCUT2D eigenvalue weighted by atomic mass is 16.5. The number of ether oxygens (including phenoxy) is 2. The topological polar surface area (TPSA) is 112 Å². The first-order valence-corrected chi connectivity index (χ1v) is 13.6. The number of aromatic nitrogens is 2. The maximum atomic E-state index is 13.4. The maximum absolute atomic E-state index is 13.4. The smallest absolute Gasteiger partial charge is 0.358 e. The van der Waals surface area contributed by atoms with Crippen LogP contribution in [-0.4, -0.2) is 59.0 Å². The minimum Gasteiger partial charge on any atom is -0.461 e. The number of nitrogens with one attached hydrogen (secondary N) is 2. The normalized spacial score (nSPS) is 21.0. The van der Waals surface area contributed by atoms with Crippen molar-refractivity contribution in [2.75, 3.05) is 13.2 Å². The van der Waals surface area contributed by atoms with E-state index in [0.29, 0.717) is 6.61 Å².